The molecule has 1 heterocycles. The normalized spacial score (nSPS) is 10.5. The van der Waals surface area contributed by atoms with Crippen molar-refractivity contribution in [3.63, 3.8) is 0 Å². The quantitative estimate of drug-likeness (QED) is 0.688. The minimum atomic E-state index is -0.482. The van der Waals surface area contributed by atoms with Crippen molar-refractivity contribution in [3.05, 3.63) is 45.1 Å². The molecule has 0 spiro atoms. The van der Waals surface area contributed by atoms with Crippen LogP contribution >= 0.6 is 0 Å². The van der Waals surface area contributed by atoms with Crippen molar-refractivity contribution >= 4 is 23.1 Å². The van der Waals surface area contributed by atoms with Gasteiger partial charge >= 0.3 is 5.69 Å². The summed E-state index contributed by atoms with van der Waals surface area (Å²) in [5.74, 6) is 0.210. The van der Waals surface area contributed by atoms with E-state index >= 15 is 0 Å². The molecule has 0 fully saturated rings. The van der Waals surface area contributed by atoms with Crippen LogP contribution in [0.25, 0.3) is 0 Å². The molecule has 1 aromatic carbocycles. The Balaban J connectivity index is 2.62. The van der Waals surface area contributed by atoms with Crippen LogP contribution in [0.3, 0.4) is 0 Å². The Morgan fingerprint density at radius 2 is 1.90 bits per heavy atom. The Hall–Kier alpha value is -2.70. The van der Waals surface area contributed by atoms with Gasteiger partial charge in [-0.25, -0.2) is 4.98 Å². The van der Waals surface area contributed by atoms with Gasteiger partial charge in [-0.1, -0.05) is 17.7 Å². The van der Waals surface area contributed by atoms with E-state index in [9.17, 15) is 10.1 Å². The van der Waals surface area contributed by atoms with Gasteiger partial charge in [-0.05, 0) is 32.4 Å². The second-order valence-corrected chi connectivity index (χ2v) is 4.95. The number of hydrogen-bond donors (Lipinski definition) is 1. The summed E-state index contributed by atoms with van der Waals surface area (Å²) in [6.07, 6.45) is 0. The van der Waals surface area contributed by atoms with Crippen LogP contribution in [0.5, 0.6) is 0 Å². The number of benzene rings is 1. The molecule has 7 nitrogen and oxygen atoms in total. The number of nitrogen functional groups attached to an aromatic ring is 1. The van der Waals surface area contributed by atoms with E-state index in [1.165, 1.54) is 0 Å². The summed E-state index contributed by atoms with van der Waals surface area (Å²) in [7, 11) is 1.73. The molecule has 110 valence electrons. The molecule has 0 radical (unpaired) electrons. The van der Waals surface area contributed by atoms with E-state index in [0.717, 1.165) is 16.8 Å². The average Bonchev–Trinajstić information content (AvgIpc) is 2.36. The standard InChI is InChI=1S/C14H17N5O2/c1-8-5-6-11(9(2)7-8)18(4)13-12(19(20)21)10(3)16-14(15)17-13/h5-7H,1-4H3,(H2,15,16,17). The SMILES string of the molecule is Cc1ccc(N(C)c2nc(N)nc(C)c2[N+](=O)[O-])c(C)c1. The highest BCUT2D eigenvalue weighted by Gasteiger charge is 2.25. The summed E-state index contributed by atoms with van der Waals surface area (Å²) < 4.78 is 0. The number of rotatable bonds is 3. The summed E-state index contributed by atoms with van der Waals surface area (Å²) in [4.78, 5) is 20.4. The van der Waals surface area contributed by atoms with E-state index in [4.69, 9.17) is 5.73 Å². The monoisotopic (exact) mass is 287 g/mol. The van der Waals surface area contributed by atoms with Crippen molar-refractivity contribution in [1.29, 1.82) is 0 Å². The lowest BCUT2D eigenvalue weighted by Crippen LogP contribution is -2.17. The van der Waals surface area contributed by atoms with Gasteiger partial charge in [-0.2, -0.15) is 4.98 Å². The number of anilines is 3. The second-order valence-electron chi connectivity index (χ2n) is 4.95. The number of nitrogens with two attached hydrogens (primary N) is 1. The first-order valence-corrected chi connectivity index (χ1v) is 6.40. The van der Waals surface area contributed by atoms with Crippen molar-refractivity contribution < 1.29 is 4.92 Å². The molecule has 2 aromatic rings. The highest BCUT2D eigenvalue weighted by atomic mass is 16.6. The van der Waals surface area contributed by atoms with Gasteiger partial charge in [0.25, 0.3) is 0 Å². The highest BCUT2D eigenvalue weighted by Crippen LogP contribution is 2.34. The molecule has 0 aliphatic rings. The number of nitrogens with zero attached hydrogens (tertiary/aromatic N) is 4. The fraction of sp³-hybridized carbons (Fsp3) is 0.286. The summed E-state index contributed by atoms with van der Waals surface area (Å²) in [6, 6.07) is 5.86. The zero-order valence-corrected chi connectivity index (χ0v) is 12.4. The van der Waals surface area contributed by atoms with Crippen LogP contribution in [0.4, 0.5) is 23.1 Å². The fourth-order valence-electron chi connectivity index (χ4n) is 2.32. The maximum atomic E-state index is 11.3. The summed E-state index contributed by atoms with van der Waals surface area (Å²) in [6.45, 7) is 5.49. The molecule has 0 amide bonds. The van der Waals surface area contributed by atoms with Crippen LogP contribution in [-0.2, 0) is 0 Å². The third-order valence-corrected chi connectivity index (χ3v) is 3.27. The lowest BCUT2D eigenvalue weighted by molar-refractivity contribution is -0.385. The van der Waals surface area contributed by atoms with E-state index in [1.807, 2.05) is 32.0 Å². The van der Waals surface area contributed by atoms with Crippen LogP contribution in [-0.4, -0.2) is 21.9 Å². The molecular formula is C14H17N5O2. The van der Waals surface area contributed by atoms with Crippen molar-refractivity contribution in [2.75, 3.05) is 17.7 Å². The zero-order chi connectivity index (χ0) is 15.7. The topological polar surface area (TPSA) is 98.2 Å². The molecule has 0 saturated heterocycles. The smallest absolute Gasteiger partial charge is 0.333 e. The predicted octanol–water partition coefficient (Wildman–Crippen LogP) is 2.66. The molecule has 1 aromatic heterocycles. The third kappa shape index (κ3) is 2.76. The molecule has 0 atom stereocenters. The zero-order valence-electron chi connectivity index (χ0n) is 12.4. The minimum Gasteiger partial charge on any atom is -0.368 e. The number of nitro groups is 1. The first kappa shape index (κ1) is 14.7. The van der Waals surface area contributed by atoms with Crippen LogP contribution < -0.4 is 10.6 Å². The lowest BCUT2D eigenvalue weighted by atomic mass is 10.1. The Labute approximate surface area is 122 Å². The van der Waals surface area contributed by atoms with Gasteiger partial charge in [0.15, 0.2) is 0 Å². The van der Waals surface area contributed by atoms with Crippen molar-refractivity contribution in [2.45, 2.75) is 20.8 Å². The molecule has 7 heteroatoms. The summed E-state index contributed by atoms with van der Waals surface area (Å²) >= 11 is 0. The summed E-state index contributed by atoms with van der Waals surface area (Å²) in [5.41, 5.74) is 8.71. The van der Waals surface area contributed by atoms with Crippen molar-refractivity contribution in [2.24, 2.45) is 0 Å². The molecule has 2 N–H and O–H groups in total. The second kappa shape index (κ2) is 5.35. The van der Waals surface area contributed by atoms with E-state index < -0.39 is 4.92 Å². The van der Waals surface area contributed by atoms with E-state index in [2.05, 4.69) is 9.97 Å². The van der Waals surface area contributed by atoms with E-state index in [-0.39, 0.29) is 23.1 Å². The molecule has 21 heavy (non-hydrogen) atoms. The maximum Gasteiger partial charge on any atom is 0.333 e. The molecule has 0 bridgehead atoms. The molecule has 0 unspecified atom stereocenters. The summed E-state index contributed by atoms with van der Waals surface area (Å²) in [5, 5.41) is 11.3. The van der Waals surface area contributed by atoms with Gasteiger partial charge in [-0.15, -0.1) is 0 Å². The van der Waals surface area contributed by atoms with E-state index in [0.29, 0.717) is 0 Å². The van der Waals surface area contributed by atoms with Gasteiger partial charge in [0.2, 0.25) is 11.8 Å². The van der Waals surface area contributed by atoms with Gasteiger partial charge in [0.05, 0.1) is 4.92 Å². The van der Waals surface area contributed by atoms with Gasteiger partial charge in [-0.3, -0.25) is 10.1 Å². The predicted molar refractivity (Wildman–Crippen MR) is 81.8 cm³/mol. The Kier molecular flexibility index (Phi) is 3.75. The average molecular weight is 287 g/mol. The molecule has 0 aliphatic carbocycles. The largest absolute Gasteiger partial charge is 0.368 e. The number of aromatic nitrogens is 2. The van der Waals surface area contributed by atoms with Crippen LogP contribution in [0.2, 0.25) is 0 Å². The van der Waals surface area contributed by atoms with Gasteiger partial charge < -0.3 is 10.6 Å². The minimum absolute atomic E-state index is 0.0183. The maximum absolute atomic E-state index is 11.3. The van der Waals surface area contributed by atoms with Crippen molar-refractivity contribution in [1.82, 2.24) is 9.97 Å². The van der Waals surface area contributed by atoms with Crippen molar-refractivity contribution in [3.8, 4) is 0 Å². The van der Waals surface area contributed by atoms with Gasteiger partial charge in [0.1, 0.15) is 5.69 Å². The Morgan fingerprint density at radius 3 is 2.48 bits per heavy atom. The first-order valence-electron chi connectivity index (χ1n) is 6.40. The van der Waals surface area contributed by atoms with Crippen LogP contribution in [0, 0.1) is 30.9 Å². The number of hydrogen-bond acceptors (Lipinski definition) is 6. The Morgan fingerprint density at radius 1 is 1.24 bits per heavy atom. The number of aryl methyl sites for hydroxylation is 3. The van der Waals surface area contributed by atoms with Gasteiger partial charge in [0, 0.05) is 12.7 Å². The highest BCUT2D eigenvalue weighted by molar-refractivity contribution is 5.72. The molecule has 0 saturated carbocycles. The fourth-order valence-corrected chi connectivity index (χ4v) is 2.32. The Bertz CT molecular complexity index is 715. The first-order chi connectivity index (χ1) is 9.81. The van der Waals surface area contributed by atoms with Crippen LogP contribution in [0.1, 0.15) is 16.8 Å². The lowest BCUT2D eigenvalue weighted by Gasteiger charge is -2.21. The van der Waals surface area contributed by atoms with Crippen LogP contribution in [0.15, 0.2) is 18.2 Å². The molecular weight excluding hydrogens is 270 g/mol. The molecule has 2 rings (SSSR count). The van der Waals surface area contributed by atoms with E-state index in [1.54, 1.807) is 18.9 Å². The third-order valence-electron chi connectivity index (χ3n) is 3.27. The molecule has 0 aliphatic heterocycles.